The fourth-order valence-electron chi connectivity index (χ4n) is 1.51. The lowest BCUT2D eigenvalue weighted by molar-refractivity contribution is 0.722. The third kappa shape index (κ3) is 2.68. The molecule has 0 aliphatic carbocycles. The van der Waals surface area contributed by atoms with Gasteiger partial charge in [0.1, 0.15) is 0 Å². The van der Waals surface area contributed by atoms with Gasteiger partial charge in [0.05, 0.1) is 0 Å². The highest BCUT2D eigenvalue weighted by molar-refractivity contribution is 9.10. The summed E-state index contributed by atoms with van der Waals surface area (Å²) in [4.78, 5) is 0. The fraction of sp³-hybridized carbons (Fsp3) is 0.167. The molecule has 2 rings (SSSR count). The summed E-state index contributed by atoms with van der Waals surface area (Å²) < 4.78 is 1.17. The molecule has 0 bridgehead atoms. The average molecular weight is 282 g/mol. The number of hydrogen-bond donors (Lipinski definition) is 1. The number of rotatable bonds is 3. The van der Waals surface area contributed by atoms with Crippen LogP contribution in [0.1, 0.15) is 17.2 Å². The monoisotopic (exact) mass is 281 g/mol. The Morgan fingerprint density at radius 2 is 1.93 bits per heavy atom. The fourth-order valence-corrected chi connectivity index (χ4v) is 2.99. The van der Waals surface area contributed by atoms with E-state index in [1.165, 1.54) is 15.6 Å². The summed E-state index contributed by atoms with van der Waals surface area (Å²) >= 11 is 5.22. The van der Waals surface area contributed by atoms with E-state index >= 15 is 0 Å². The maximum atomic E-state index is 6.14. The van der Waals surface area contributed by atoms with Crippen LogP contribution in [0.3, 0.4) is 0 Å². The first-order chi connectivity index (χ1) is 7.27. The van der Waals surface area contributed by atoms with Crippen molar-refractivity contribution in [1.82, 2.24) is 0 Å². The molecular weight excluding hydrogens is 270 g/mol. The molecule has 0 amide bonds. The quantitative estimate of drug-likeness (QED) is 0.911. The third-order valence-corrected chi connectivity index (χ3v) is 4.19. The van der Waals surface area contributed by atoms with Gasteiger partial charge in [0.2, 0.25) is 0 Å². The molecule has 1 nitrogen and oxygen atoms in total. The van der Waals surface area contributed by atoms with E-state index in [-0.39, 0.29) is 6.04 Å². The number of hydrogen-bond acceptors (Lipinski definition) is 2. The average Bonchev–Trinajstić information content (AvgIpc) is 2.66. The lowest BCUT2D eigenvalue weighted by Gasteiger charge is -2.11. The number of benzene rings is 1. The summed E-state index contributed by atoms with van der Waals surface area (Å²) in [5.74, 6) is 0. The van der Waals surface area contributed by atoms with E-state index in [9.17, 15) is 0 Å². The second kappa shape index (κ2) is 4.92. The van der Waals surface area contributed by atoms with Crippen LogP contribution < -0.4 is 5.73 Å². The molecule has 0 spiro atoms. The van der Waals surface area contributed by atoms with Gasteiger partial charge in [-0.3, -0.25) is 0 Å². The highest BCUT2D eigenvalue weighted by Gasteiger charge is 2.09. The van der Waals surface area contributed by atoms with E-state index in [1.807, 2.05) is 18.2 Å². The van der Waals surface area contributed by atoms with Gasteiger partial charge in [-0.25, -0.2) is 0 Å². The number of halogens is 1. The van der Waals surface area contributed by atoms with E-state index in [2.05, 4.69) is 38.8 Å². The Morgan fingerprint density at radius 3 is 2.53 bits per heavy atom. The predicted octanol–water partition coefficient (Wildman–Crippen LogP) is 3.75. The van der Waals surface area contributed by atoms with Gasteiger partial charge in [0.15, 0.2) is 0 Å². The molecule has 0 saturated heterocycles. The molecule has 1 aromatic heterocycles. The van der Waals surface area contributed by atoms with E-state index in [0.717, 1.165) is 6.42 Å². The Bertz CT molecular complexity index is 424. The molecule has 0 radical (unpaired) electrons. The second-order valence-corrected chi connectivity index (χ2v) is 5.06. The van der Waals surface area contributed by atoms with Crippen molar-refractivity contribution in [3.8, 4) is 0 Å². The van der Waals surface area contributed by atoms with Crippen molar-refractivity contribution < 1.29 is 0 Å². The SMILES string of the molecule is NC(Cc1cscc1Br)c1ccccc1. The summed E-state index contributed by atoms with van der Waals surface area (Å²) in [6.45, 7) is 0. The molecule has 0 aliphatic rings. The van der Waals surface area contributed by atoms with Crippen LogP contribution in [-0.4, -0.2) is 0 Å². The zero-order chi connectivity index (χ0) is 10.7. The van der Waals surface area contributed by atoms with Crippen molar-refractivity contribution in [2.24, 2.45) is 5.73 Å². The molecule has 0 aliphatic heterocycles. The summed E-state index contributed by atoms with van der Waals surface area (Å²) in [5.41, 5.74) is 8.62. The zero-order valence-corrected chi connectivity index (χ0v) is 10.6. The Balaban J connectivity index is 2.11. The first kappa shape index (κ1) is 10.9. The van der Waals surface area contributed by atoms with Gasteiger partial charge in [-0.05, 0) is 38.9 Å². The van der Waals surface area contributed by atoms with Gasteiger partial charge in [0.25, 0.3) is 0 Å². The lowest BCUT2D eigenvalue weighted by Crippen LogP contribution is -2.12. The molecule has 1 atom stereocenters. The van der Waals surface area contributed by atoms with Crippen LogP contribution >= 0.6 is 27.3 Å². The van der Waals surface area contributed by atoms with Crippen molar-refractivity contribution in [2.75, 3.05) is 0 Å². The Morgan fingerprint density at radius 1 is 1.20 bits per heavy atom. The Hall–Kier alpha value is -0.640. The Labute approximate surface area is 102 Å². The molecule has 2 N–H and O–H groups in total. The summed E-state index contributed by atoms with van der Waals surface area (Å²) in [6.07, 6.45) is 0.883. The van der Waals surface area contributed by atoms with Gasteiger partial charge in [-0.15, -0.1) is 0 Å². The maximum Gasteiger partial charge on any atom is 0.0336 e. The molecule has 1 aromatic carbocycles. The molecular formula is C12H12BrNS. The van der Waals surface area contributed by atoms with E-state index in [0.29, 0.717) is 0 Å². The minimum atomic E-state index is 0.0806. The van der Waals surface area contributed by atoms with Gasteiger partial charge in [-0.2, -0.15) is 11.3 Å². The van der Waals surface area contributed by atoms with Gasteiger partial charge < -0.3 is 5.73 Å². The van der Waals surface area contributed by atoms with Crippen LogP contribution in [0.4, 0.5) is 0 Å². The highest BCUT2D eigenvalue weighted by Crippen LogP contribution is 2.25. The van der Waals surface area contributed by atoms with Crippen LogP contribution in [0.5, 0.6) is 0 Å². The topological polar surface area (TPSA) is 26.0 Å². The predicted molar refractivity (Wildman–Crippen MR) is 69.1 cm³/mol. The molecule has 3 heteroatoms. The van der Waals surface area contributed by atoms with Gasteiger partial charge in [-0.1, -0.05) is 30.3 Å². The van der Waals surface area contributed by atoms with Crippen molar-refractivity contribution in [1.29, 1.82) is 0 Å². The van der Waals surface area contributed by atoms with E-state index in [1.54, 1.807) is 11.3 Å². The first-order valence-electron chi connectivity index (χ1n) is 4.78. The van der Waals surface area contributed by atoms with Crippen molar-refractivity contribution >= 4 is 27.3 Å². The summed E-state index contributed by atoms with van der Waals surface area (Å²) in [6, 6.07) is 10.3. The smallest absolute Gasteiger partial charge is 0.0336 e. The highest BCUT2D eigenvalue weighted by atomic mass is 79.9. The molecule has 0 fully saturated rings. The van der Waals surface area contributed by atoms with Crippen LogP contribution in [0.2, 0.25) is 0 Å². The summed E-state index contributed by atoms with van der Waals surface area (Å²) in [5, 5.41) is 4.24. The Kier molecular flexibility index (Phi) is 3.57. The normalized spacial score (nSPS) is 12.7. The van der Waals surface area contributed by atoms with Crippen LogP contribution in [0.25, 0.3) is 0 Å². The minimum Gasteiger partial charge on any atom is -0.324 e. The second-order valence-electron chi connectivity index (χ2n) is 3.47. The van der Waals surface area contributed by atoms with Crippen LogP contribution in [0.15, 0.2) is 45.6 Å². The maximum absolute atomic E-state index is 6.14. The minimum absolute atomic E-state index is 0.0806. The molecule has 0 saturated carbocycles. The van der Waals surface area contributed by atoms with E-state index in [4.69, 9.17) is 5.73 Å². The molecule has 2 aromatic rings. The number of nitrogens with two attached hydrogens (primary N) is 1. The zero-order valence-electron chi connectivity index (χ0n) is 8.19. The summed E-state index contributed by atoms with van der Waals surface area (Å²) in [7, 11) is 0. The first-order valence-corrected chi connectivity index (χ1v) is 6.52. The lowest BCUT2D eigenvalue weighted by atomic mass is 10.0. The largest absolute Gasteiger partial charge is 0.324 e. The molecule has 78 valence electrons. The molecule has 1 unspecified atom stereocenters. The van der Waals surface area contributed by atoms with Crippen molar-refractivity contribution in [3.63, 3.8) is 0 Å². The molecule has 15 heavy (non-hydrogen) atoms. The van der Waals surface area contributed by atoms with Crippen LogP contribution in [-0.2, 0) is 6.42 Å². The standard InChI is InChI=1S/C12H12BrNS/c13-11-8-15-7-10(11)6-12(14)9-4-2-1-3-5-9/h1-5,7-8,12H,6,14H2. The van der Waals surface area contributed by atoms with Crippen LogP contribution in [0, 0.1) is 0 Å². The van der Waals surface area contributed by atoms with Crippen molar-refractivity contribution in [3.05, 3.63) is 56.7 Å². The molecule has 1 heterocycles. The number of thiophene rings is 1. The van der Waals surface area contributed by atoms with Crippen molar-refractivity contribution in [2.45, 2.75) is 12.5 Å². The van der Waals surface area contributed by atoms with Gasteiger partial charge >= 0.3 is 0 Å². The van der Waals surface area contributed by atoms with Gasteiger partial charge in [0, 0.05) is 15.9 Å². The van der Waals surface area contributed by atoms with E-state index < -0.39 is 0 Å². The third-order valence-electron chi connectivity index (χ3n) is 2.36.